The molecule has 0 saturated carbocycles. The fourth-order valence-electron chi connectivity index (χ4n) is 1.45. The summed E-state index contributed by atoms with van der Waals surface area (Å²) < 4.78 is 10.1. The Bertz CT molecular complexity index is 572. The van der Waals surface area contributed by atoms with E-state index in [1.54, 1.807) is 18.2 Å². The van der Waals surface area contributed by atoms with Crippen LogP contribution in [0.3, 0.4) is 0 Å². The van der Waals surface area contributed by atoms with Crippen molar-refractivity contribution >= 4 is 23.4 Å². The number of methoxy groups -OCH3 is 1. The molecular formula is C14H12ClNO3. The zero-order chi connectivity index (χ0) is 13.7. The Balaban J connectivity index is 2.13. The van der Waals surface area contributed by atoms with Gasteiger partial charge in [-0.2, -0.15) is 0 Å². The number of carbonyl (C=O) groups excluding carboxylic acids is 1. The van der Waals surface area contributed by atoms with Crippen molar-refractivity contribution in [2.24, 2.45) is 0 Å². The average molecular weight is 278 g/mol. The number of amides is 1. The highest BCUT2D eigenvalue weighted by atomic mass is 35.5. The van der Waals surface area contributed by atoms with Gasteiger partial charge in [-0.3, -0.25) is 5.32 Å². The molecule has 0 radical (unpaired) electrons. The molecule has 0 spiro atoms. The maximum atomic E-state index is 11.1. The molecular weight excluding hydrogens is 266 g/mol. The summed E-state index contributed by atoms with van der Waals surface area (Å²) in [6, 6.07) is 14.3. The Labute approximate surface area is 115 Å². The van der Waals surface area contributed by atoms with Gasteiger partial charge >= 0.3 is 6.09 Å². The lowest BCUT2D eigenvalue weighted by Crippen LogP contribution is -2.10. The van der Waals surface area contributed by atoms with Crippen molar-refractivity contribution in [1.29, 1.82) is 0 Å². The van der Waals surface area contributed by atoms with Gasteiger partial charge in [0, 0.05) is 5.69 Å². The van der Waals surface area contributed by atoms with E-state index in [9.17, 15) is 4.79 Å². The Morgan fingerprint density at radius 2 is 1.89 bits per heavy atom. The number of nitrogens with one attached hydrogen (secondary N) is 1. The van der Waals surface area contributed by atoms with Gasteiger partial charge in [0.1, 0.15) is 11.5 Å². The summed E-state index contributed by atoms with van der Waals surface area (Å²) in [4.78, 5) is 11.1. The van der Waals surface area contributed by atoms with Crippen LogP contribution in [0.15, 0.2) is 48.5 Å². The van der Waals surface area contributed by atoms with Crippen molar-refractivity contribution < 1.29 is 14.3 Å². The van der Waals surface area contributed by atoms with Crippen molar-refractivity contribution in [1.82, 2.24) is 0 Å². The van der Waals surface area contributed by atoms with E-state index in [4.69, 9.17) is 16.3 Å². The number of benzene rings is 2. The first-order valence-corrected chi connectivity index (χ1v) is 5.94. The van der Waals surface area contributed by atoms with Gasteiger partial charge in [-0.05, 0) is 30.3 Å². The van der Waals surface area contributed by atoms with E-state index in [0.29, 0.717) is 22.2 Å². The lowest BCUT2D eigenvalue weighted by Gasteiger charge is -2.09. The summed E-state index contributed by atoms with van der Waals surface area (Å²) in [5.41, 5.74) is 0.539. The average Bonchev–Trinajstić information content (AvgIpc) is 2.43. The molecule has 0 unspecified atom stereocenters. The Kier molecular flexibility index (Phi) is 4.26. The van der Waals surface area contributed by atoms with Crippen molar-refractivity contribution in [2.45, 2.75) is 0 Å². The number of rotatable bonds is 3. The van der Waals surface area contributed by atoms with Crippen molar-refractivity contribution in [3.8, 4) is 11.5 Å². The number of ether oxygens (including phenoxy) is 2. The summed E-state index contributed by atoms with van der Waals surface area (Å²) in [5.74, 6) is 1.21. The van der Waals surface area contributed by atoms with Crippen LogP contribution in [0.4, 0.5) is 10.5 Å². The van der Waals surface area contributed by atoms with Gasteiger partial charge in [0.2, 0.25) is 0 Å². The molecule has 0 saturated heterocycles. The third-order valence-electron chi connectivity index (χ3n) is 2.33. The Morgan fingerprint density at radius 3 is 2.53 bits per heavy atom. The molecule has 2 rings (SSSR count). The normalized spacial score (nSPS) is 9.79. The first-order chi connectivity index (χ1) is 9.19. The van der Waals surface area contributed by atoms with E-state index < -0.39 is 6.09 Å². The van der Waals surface area contributed by atoms with Gasteiger partial charge in [0.15, 0.2) is 0 Å². The maximum absolute atomic E-state index is 11.1. The fourth-order valence-corrected chi connectivity index (χ4v) is 1.66. The summed E-state index contributed by atoms with van der Waals surface area (Å²) >= 11 is 6.09. The van der Waals surface area contributed by atoms with Gasteiger partial charge in [-0.1, -0.05) is 29.8 Å². The van der Waals surface area contributed by atoms with Crippen molar-refractivity contribution in [3.63, 3.8) is 0 Å². The minimum atomic E-state index is -0.548. The van der Waals surface area contributed by atoms with E-state index in [1.165, 1.54) is 7.11 Å². The van der Waals surface area contributed by atoms with Crippen LogP contribution in [0, 0.1) is 0 Å². The van der Waals surface area contributed by atoms with E-state index in [-0.39, 0.29) is 0 Å². The minimum absolute atomic E-state index is 0.401. The predicted molar refractivity (Wildman–Crippen MR) is 74.0 cm³/mol. The van der Waals surface area contributed by atoms with Crippen LogP contribution in [0.25, 0.3) is 0 Å². The Hall–Kier alpha value is -2.20. The van der Waals surface area contributed by atoms with E-state index >= 15 is 0 Å². The number of anilines is 1. The van der Waals surface area contributed by atoms with Gasteiger partial charge in [-0.15, -0.1) is 0 Å². The summed E-state index contributed by atoms with van der Waals surface area (Å²) in [5, 5.41) is 2.92. The van der Waals surface area contributed by atoms with Crippen LogP contribution in [0.1, 0.15) is 0 Å². The van der Waals surface area contributed by atoms with Crippen LogP contribution < -0.4 is 10.1 Å². The highest BCUT2D eigenvalue weighted by Crippen LogP contribution is 2.31. The lowest BCUT2D eigenvalue weighted by molar-refractivity contribution is 0.187. The molecule has 0 aliphatic heterocycles. The molecule has 19 heavy (non-hydrogen) atoms. The molecule has 4 nitrogen and oxygen atoms in total. The Morgan fingerprint density at radius 1 is 1.16 bits per heavy atom. The number of halogens is 1. The minimum Gasteiger partial charge on any atom is -0.456 e. The second kappa shape index (κ2) is 6.11. The first kappa shape index (κ1) is 13.2. The van der Waals surface area contributed by atoms with Gasteiger partial charge in [0.25, 0.3) is 0 Å². The fraction of sp³-hybridized carbons (Fsp3) is 0.0714. The third kappa shape index (κ3) is 3.63. The lowest BCUT2D eigenvalue weighted by atomic mass is 10.3. The molecule has 0 aliphatic rings. The zero-order valence-corrected chi connectivity index (χ0v) is 11.0. The zero-order valence-electron chi connectivity index (χ0n) is 10.2. The van der Waals surface area contributed by atoms with Crippen molar-refractivity contribution in [2.75, 3.05) is 12.4 Å². The molecule has 2 aromatic carbocycles. The van der Waals surface area contributed by atoms with E-state index in [0.717, 1.165) is 0 Å². The maximum Gasteiger partial charge on any atom is 0.411 e. The smallest absolute Gasteiger partial charge is 0.411 e. The molecule has 98 valence electrons. The van der Waals surface area contributed by atoms with Crippen LogP contribution in [-0.2, 0) is 4.74 Å². The number of para-hydroxylation sites is 1. The summed E-state index contributed by atoms with van der Waals surface area (Å²) in [6.45, 7) is 0. The number of carbonyl (C=O) groups is 1. The van der Waals surface area contributed by atoms with Crippen LogP contribution >= 0.6 is 11.6 Å². The molecule has 5 heteroatoms. The monoisotopic (exact) mass is 277 g/mol. The van der Waals surface area contributed by atoms with Crippen LogP contribution in [0.5, 0.6) is 11.5 Å². The van der Waals surface area contributed by atoms with Crippen LogP contribution in [-0.4, -0.2) is 13.2 Å². The molecule has 2 aromatic rings. The van der Waals surface area contributed by atoms with E-state index in [1.807, 2.05) is 30.3 Å². The number of hydrogen-bond donors (Lipinski definition) is 1. The van der Waals surface area contributed by atoms with Crippen LogP contribution in [0.2, 0.25) is 5.02 Å². The first-order valence-electron chi connectivity index (χ1n) is 5.56. The van der Waals surface area contributed by atoms with Gasteiger partial charge in [0.05, 0.1) is 12.1 Å². The molecule has 0 aliphatic carbocycles. The summed E-state index contributed by atoms with van der Waals surface area (Å²) in [7, 11) is 1.30. The highest BCUT2D eigenvalue weighted by molar-refractivity contribution is 6.32. The SMILES string of the molecule is COC(=O)Nc1ccc(Oc2ccccc2)c(Cl)c1. The molecule has 0 heterocycles. The van der Waals surface area contributed by atoms with Gasteiger partial charge < -0.3 is 9.47 Å². The third-order valence-corrected chi connectivity index (χ3v) is 2.63. The second-order valence-corrected chi connectivity index (χ2v) is 4.08. The van der Waals surface area contributed by atoms with Crippen molar-refractivity contribution in [3.05, 3.63) is 53.6 Å². The predicted octanol–water partition coefficient (Wildman–Crippen LogP) is 4.31. The quantitative estimate of drug-likeness (QED) is 0.909. The topological polar surface area (TPSA) is 47.6 Å². The second-order valence-electron chi connectivity index (χ2n) is 3.68. The largest absolute Gasteiger partial charge is 0.456 e. The molecule has 1 N–H and O–H groups in total. The van der Waals surface area contributed by atoms with E-state index in [2.05, 4.69) is 10.1 Å². The summed E-state index contributed by atoms with van der Waals surface area (Å²) in [6.07, 6.45) is -0.548. The highest BCUT2D eigenvalue weighted by Gasteiger charge is 2.06. The standard InChI is InChI=1S/C14H12ClNO3/c1-18-14(17)16-10-7-8-13(12(15)9-10)19-11-5-3-2-4-6-11/h2-9H,1H3,(H,16,17). The molecule has 0 atom stereocenters. The molecule has 0 aromatic heterocycles. The molecule has 1 amide bonds. The van der Waals surface area contributed by atoms with Gasteiger partial charge in [-0.25, -0.2) is 4.79 Å². The molecule has 0 fully saturated rings. The molecule has 0 bridgehead atoms. The number of hydrogen-bond acceptors (Lipinski definition) is 3.